The maximum atomic E-state index is 2.40. The van der Waals surface area contributed by atoms with E-state index in [2.05, 4.69) is 48.7 Å². The number of hydrogen-bond acceptors (Lipinski definition) is 6. The molecule has 0 bridgehead atoms. The number of thioether (sulfide) groups is 6. The number of rotatable bonds is 1. The smallest absolute Gasteiger partial charge is 0.0717 e. The maximum absolute atomic E-state index is 2.40. The monoisotopic (exact) mass is 437 g/mol. The molecule has 1 nitrogen and oxygen atoms in total. The van der Waals surface area contributed by atoms with Gasteiger partial charge in [0.2, 0.25) is 0 Å². The number of fused-ring (bicyclic) bond motifs is 1. The minimum atomic E-state index is 1.25. The van der Waals surface area contributed by atoms with E-state index in [1.54, 1.807) is 0 Å². The number of benzene rings is 1. The highest BCUT2D eigenvalue weighted by Crippen LogP contribution is 2.66. The molecule has 3 aliphatic heterocycles. The molecular formula is C18H15NS6. The number of hydrogen-bond donors (Lipinski definition) is 0. The third kappa shape index (κ3) is 2.95. The molecule has 2 aromatic rings. The van der Waals surface area contributed by atoms with Gasteiger partial charge in [0.1, 0.15) is 0 Å². The van der Waals surface area contributed by atoms with E-state index in [-0.39, 0.29) is 0 Å². The van der Waals surface area contributed by atoms with Crippen molar-refractivity contribution in [3.8, 4) is 5.69 Å². The summed E-state index contributed by atoms with van der Waals surface area (Å²) in [6, 6.07) is 10.7. The Morgan fingerprint density at radius 3 is 1.76 bits per heavy atom. The molecular weight excluding hydrogens is 423 g/mol. The summed E-state index contributed by atoms with van der Waals surface area (Å²) in [7, 11) is 0. The predicted octanol–water partition coefficient (Wildman–Crippen LogP) is 7.51. The fourth-order valence-electron chi connectivity index (χ4n) is 3.08. The van der Waals surface area contributed by atoms with Crippen LogP contribution >= 0.6 is 70.6 Å². The lowest BCUT2D eigenvalue weighted by molar-refractivity contribution is 0.948. The van der Waals surface area contributed by atoms with E-state index in [1.807, 2.05) is 70.6 Å². The van der Waals surface area contributed by atoms with E-state index in [4.69, 9.17) is 0 Å². The van der Waals surface area contributed by atoms with Gasteiger partial charge < -0.3 is 4.57 Å². The highest BCUT2D eigenvalue weighted by atomic mass is 32.3. The second-order valence-electron chi connectivity index (χ2n) is 5.76. The Balaban J connectivity index is 1.48. The van der Waals surface area contributed by atoms with Crippen LogP contribution in [0.3, 0.4) is 0 Å². The molecule has 0 saturated carbocycles. The third-order valence-electron chi connectivity index (χ3n) is 4.19. The lowest BCUT2D eigenvalue weighted by Gasteiger charge is -2.11. The maximum Gasteiger partial charge on any atom is 0.0717 e. The molecule has 7 heteroatoms. The summed E-state index contributed by atoms with van der Waals surface area (Å²) in [6.07, 6.45) is 0. The highest BCUT2D eigenvalue weighted by Gasteiger charge is 2.33. The third-order valence-corrected chi connectivity index (χ3v) is 13.3. The molecule has 3 aliphatic rings. The summed E-state index contributed by atoms with van der Waals surface area (Å²) >= 11 is 12.0. The molecule has 0 aliphatic carbocycles. The molecule has 0 amide bonds. The van der Waals surface area contributed by atoms with Gasteiger partial charge in [0.25, 0.3) is 0 Å². The van der Waals surface area contributed by atoms with Gasteiger partial charge >= 0.3 is 0 Å². The molecule has 0 N–H and O–H groups in total. The highest BCUT2D eigenvalue weighted by molar-refractivity contribution is 8.42. The molecule has 0 radical (unpaired) electrons. The van der Waals surface area contributed by atoms with Crippen molar-refractivity contribution in [3.63, 3.8) is 0 Å². The van der Waals surface area contributed by atoms with E-state index in [1.165, 1.54) is 55.3 Å². The van der Waals surface area contributed by atoms with E-state index in [9.17, 15) is 0 Å². The van der Waals surface area contributed by atoms with E-state index < -0.39 is 0 Å². The Labute approximate surface area is 173 Å². The van der Waals surface area contributed by atoms with Gasteiger partial charge in [-0.05, 0) is 26.0 Å². The fourth-order valence-corrected chi connectivity index (χ4v) is 12.1. The Bertz CT molecular complexity index is 873. The van der Waals surface area contributed by atoms with Crippen molar-refractivity contribution in [2.75, 3.05) is 11.5 Å². The van der Waals surface area contributed by atoms with Crippen LogP contribution in [-0.2, 0) is 0 Å². The second kappa shape index (κ2) is 6.91. The number of para-hydroxylation sites is 1. The summed E-state index contributed by atoms with van der Waals surface area (Å²) < 4.78 is 8.43. The van der Waals surface area contributed by atoms with Crippen LogP contribution in [0.15, 0.2) is 57.1 Å². The quantitative estimate of drug-likeness (QED) is 0.451. The zero-order valence-electron chi connectivity index (χ0n) is 13.7. The summed E-state index contributed by atoms with van der Waals surface area (Å²) in [5.41, 5.74) is 3.99. The van der Waals surface area contributed by atoms with E-state index in [0.29, 0.717) is 0 Å². The lowest BCUT2D eigenvalue weighted by atomic mass is 10.3. The van der Waals surface area contributed by atoms with Gasteiger partial charge in [0, 0.05) is 38.4 Å². The second-order valence-corrected chi connectivity index (χ2v) is 13.1. The Morgan fingerprint density at radius 2 is 1.20 bits per heavy atom. The fraction of sp³-hybridized carbons (Fsp3) is 0.222. The SMILES string of the molecule is Cc1c2c(c(C)n1-c1ccccc1)SC(=C1SC3=C(SCCS3)S1)S2. The van der Waals surface area contributed by atoms with Gasteiger partial charge in [-0.25, -0.2) is 0 Å². The first-order valence-electron chi connectivity index (χ1n) is 7.95. The van der Waals surface area contributed by atoms with Crippen molar-refractivity contribution in [1.82, 2.24) is 4.57 Å². The van der Waals surface area contributed by atoms with Crippen LogP contribution in [0.5, 0.6) is 0 Å². The van der Waals surface area contributed by atoms with Crippen LogP contribution in [0.25, 0.3) is 5.69 Å². The van der Waals surface area contributed by atoms with Crippen molar-refractivity contribution in [2.45, 2.75) is 23.6 Å². The first kappa shape index (κ1) is 17.2. The molecule has 4 heterocycles. The first-order valence-corrected chi connectivity index (χ1v) is 13.2. The molecule has 0 fully saturated rings. The minimum absolute atomic E-state index is 1.25. The zero-order chi connectivity index (χ0) is 17.0. The van der Waals surface area contributed by atoms with Gasteiger partial charge in [-0.1, -0.05) is 65.2 Å². The largest absolute Gasteiger partial charge is 0.316 e. The van der Waals surface area contributed by atoms with E-state index in [0.717, 1.165) is 0 Å². The Kier molecular flexibility index (Phi) is 4.75. The molecule has 0 atom stereocenters. The van der Waals surface area contributed by atoms with E-state index >= 15 is 0 Å². The summed E-state index contributed by atoms with van der Waals surface area (Å²) in [5, 5.41) is 0. The zero-order valence-corrected chi connectivity index (χ0v) is 18.6. The number of aromatic nitrogens is 1. The van der Waals surface area contributed by atoms with Crippen molar-refractivity contribution < 1.29 is 0 Å². The van der Waals surface area contributed by atoms with Crippen LogP contribution in [0.2, 0.25) is 0 Å². The van der Waals surface area contributed by atoms with Crippen LogP contribution in [0, 0.1) is 13.8 Å². The molecule has 1 aromatic heterocycles. The first-order chi connectivity index (χ1) is 12.2. The van der Waals surface area contributed by atoms with Crippen LogP contribution in [0.1, 0.15) is 11.4 Å². The summed E-state index contributed by atoms with van der Waals surface area (Å²) in [6.45, 7) is 4.51. The van der Waals surface area contributed by atoms with Crippen molar-refractivity contribution in [1.29, 1.82) is 0 Å². The lowest BCUT2D eigenvalue weighted by Crippen LogP contribution is -1.99. The summed E-state index contributed by atoms with van der Waals surface area (Å²) in [5.74, 6) is 2.50. The minimum Gasteiger partial charge on any atom is -0.316 e. The standard InChI is InChI=1S/C18H15NS6/c1-10-13-14(11(2)19(10)12-6-4-3-5-7-12)23-17(22-13)18-24-15-16(25-18)21-9-8-20-15/h3-7H,8-9H2,1-2H3. The van der Waals surface area contributed by atoms with Gasteiger partial charge in [0.15, 0.2) is 0 Å². The predicted molar refractivity (Wildman–Crippen MR) is 121 cm³/mol. The molecule has 0 saturated heterocycles. The number of nitrogens with zero attached hydrogens (tertiary/aromatic N) is 1. The average molecular weight is 438 g/mol. The molecule has 0 unspecified atom stereocenters. The van der Waals surface area contributed by atoms with Crippen molar-refractivity contribution >= 4 is 70.6 Å². The van der Waals surface area contributed by atoms with Crippen LogP contribution in [-0.4, -0.2) is 16.1 Å². The Morgan fingerprint density at radius 1 is 0.680 bits per heavy atom. The molecule has 1 aromatic carbocycles. The average Bonchev–Trinajstić information content (AvgIpc) is 3.31. The van der Waals surface area contributed by atoms with Gasteiger partial charge in [-0.2, -0.15) is 0 Å². The van der Waals surface area contributed by atoms with Crippen molar-refractivity contribution in [2.24, 2.45) is 0 Å². The van der Waals surface area contributed by atoms with Gasteiger partial charge in [0.05, 0.1) is 16.9 Å². The van der Waals surface area contributed by atoms with Gasteiger partial charge in [-0.15, -0.1) is 23.5 Å². The Hall–Kier alpha value is 0.0800. The van der Waals surface area contributed by atoms with Crippen LogP contribution in [0.4, 0.5) is 0 Å². The van der Waals surface area contributed by atoms with Gasteiger partial charge in [-0.3, -0.25) is 0 Å². The molecule has 25 heavy (non-hydrogen) atoms. The normalized spacial score (nSPS) is 19.6. The molecule has 0 spiro atoms. The molecule has 5 rings (SSSR count). The summed E-state index contributed by atoms with van der Waals surface area (Å²) in [4.78, 5) is 2.89. The van der Waals surface area contributed by atoms with Crippen molar-refractivity contribution in [3.05, 3.63) is 58.7 Å². The van der Waals surface area contributed by atoms with Crippen LogP contribution < -0.4 is 0 Å². The molecule has 128 valence electrons. The topological polar surface area (TPSA) is 4.93 Å².